The van der Waals surface area contributed by atoms with Gasteiger partial charge >= 0.3 is 23.9 Å². The quantitative estimate of drug-likeness (QED) is 0.251. The van der Waals surface area contributed by atoms with Gasteiger partial charge in [-0.3, -0.25) is 0 Å². The van der Waals surface area contributed by atoms with Gasteiger partial charge in [0.25, 0.3) is 0 Å². The normalized spacial score (nSPS) is 15.3. The van der Waals surface area contributed by atoms with Crippen LogP contribution in [0.15, 0.2) is 0 Å². The Bertz CT molecular complexity index is 394. The number of unbranched alkanes of at least 4 members (excludes halogenated alkanes) is 8. The first-order valence-electron chi connectivity index (χ1n) is 8.61. The third-order valence-corrected chi connectivity index (χ3v) is 4.15. The zero-order valence-corrected chi connectivity index (χ0v) is 14.5. The minimum atomic E-state index is -6.81. The van der Waals surface area contributed by atoms with Gasteiger partial charge in [0.1, 0.15) is 0 Å². The van der Waals surface area contributed by atoms with E-state index >= 15 is 0 Å². The fourth-order valence-electron chi connectivity index (χ4n) is 2.41. The first-order valence-corrected chi connectivity index (χ1v) is 8.61. The molecular weight excluding hydrogens is 379 g/mol. The van der Waals surface area contributed by atoms with E-state index in [-0.39, 0.29) is 12.8 Å². The molecule has 0 bridgehead atoms. The van der Waals surface area contributed by atoms with Crippen molar-refractivity contribution in [3.63, 3.8) is 0 Å². The maximum absolute atomic E-state index is 13.4. The summed E-state index contributed by atoms with van der Waals surface area (Å²) in [6.45, 7) is 2.05. The maximum atomic E-state index is 13.4. The summed E-state index contributed by atoms with van der Waals surface area (Å²) in [4.78, 5) is 0. The summed E-state index contributed by atoms with van der Waals surface area (Å²) < 4.78 is 116. The Morgan fingerprint density at radius 2 is 1.04 bits per heavy atom. The van der Waals surface area contributed by atoms with Gasteiger partial charge in [-0.2, -0.15) is 35.1 Å². The van der Waals surface area contributed by atoms with Crippen LogP contribution in [0.25, 0.3) is 0 Å². The lowest BCUT2D eigenvalue weighted by atomic mass is 9.96. The standard InChI is InChI=1S/C16H25F9O/c1-2-3-4-5-6-7-8-9-10-11-12(17)13(18,19)14(20,21)15(22,23)16(24,25)26/h12,26H,2-11H2,1H3. The van der Waals surface area contributed by atoms with Crippen LogP contribution in [0.5, 0.6) is 0 Å². The highest BCUT2D eigenvalue weighted by Gasteiger charge is 2.82. The van der Waals surface area contributed by atoms with E-state index in [1.807, 2.05) is 6.92 Å². The molecular formula is C16H25F9O. The summed E-state index contributed by atoms with van der Waals surface area (Å²) in [6, 6.07) is 0. The largest absolute Gasteiger partial charge is 0.423 e. The predicted molar refractivity (Wildman–Crippen MR) is 78.7 cm³/mol. The SMILES string of the molecule is CCCCCCCCCCCC(F)C(F)(F)C(F)(F)C(F)(F)C(O)(F)F. The smallest absolute Gasteiger partial charge is 0.331 e. The monoisotopic (exact) mass is 404 g/mol. The lowest BCUT2D eigenvalue weighted by Gasteiger charge is -2.35. The highest BCUT2D eigenvalue weighted by atomic mass is 19.4. The average Bonchev–Trinajstić information content (AvgIpc) is 2.51. The average molecular weight is 404 g/mol. The molecule has 0 aliphatic rings. The molecule has 0 spiro atoms. The Hall–Kier alpha value is -0.670. The minimum absolute atomic E-state index is 0.225. The highest BCUT2D eigenvalue weighted by molar-refractivity contribution is 5.03. The molecule has 0 amide bonds. The zero-order valence-electron chi connectivity index (χ0n) is 14.5. The van der Waals surface area contributed by atoms with Crippen LogP contribution in [0.2, 0.25) is 0 Å². The Kier molecular flexibility index (Phi) is 9.77. The van der Waals surface area contributed by atoms with Crippen molar-refractivity contribution < 1.29 is 44.6 Å². The van der Waals surface area contributed by atoms with Crippen LogP contribution < -0.4 is 0 Å². The van der Waals surface area contributed by atoms with Crippen LogP contribution in [-0.2, 0) is 0 Å². The summed E-state index contributed by atoms with van der Waals surface area (Å²) in [7, 11) is 0. The minimum Gasteiger partial charge on any atom is -0.331 e. The van der Waals surface area contributed by atoms with Crippen molar-refractivity contribution >= 4 is 0 Å². The Balaban J connectivity index is 4.45. The van der Waals surface area contributed by atoms with E-state index in [0.717, 1.165) is 38.5 Å². The predicted octanol–water partition coefficient (Wildman–Crippen LogP) is 6.74. The fraction of sp³-hybridized carbons (Fsp3) is 1.00. The number of hydrogen-bond donors (Lipinski definition) is 1. The Morgan fingerprint density at radius 1 is 0.654 bits per heavy atom. The zero-order chi connectivity index (χ0) is 20.6. The lowest BCUT2D eigenvalue weighted by Crippen LogP contribution is -2.64. The molecule has 10 heteroatoms. The van der Waals surface area contributed by atoms with Crippen LogP contribution in [0.4, 0.5) is 39.5 Å². The first kappa shape index (κ1) is 25.3. The number of alkyl halides is 9. The van der Waals surface area contributed by atoms with E-state index in [9.17, 15) is 39.5 Å². The Morgan fingerprint density at radius 3 is 1.42 bits per heavy atom. The fourth-order valence-corrected chi connectivity index (χ4v) is 2.41. The molecule has 158 valence electrons. The molecule has 0 saturated carbocycles. The van der Waals surface area contributed by atoms with Crippen molar-refractivity contribution in [2.24, 2.45) is 0 Å². The summed E-state index contributed by atoms with van der Waals surface area (Å²) in [6.07, 6.45) is -5.05. The van der Waals surface area contributed by atoms with Gasteiger partial charge in [-0.05, 0) is 6.42 Å². The molecule has 0 saturated heterocycles. The topological polar surface area (TPSA) is 20.2 Å². The van der Waals surface area contributed by atoms with Gasteiger partial charge < -0.3 is 5.11 Å². The molecule has 0 heterocycles. The molecule has 0 aromatic heterocycles. The van der Waals surface area contributed by atoms with Crippen LogP contribution in [0.1, 0.15) is 71.1 Å². The van der Waals surface area contributed by atoms with Gasteiger partial charge in [0.2, 0.25) is 0 Å². The Labute approximate surface area is 146 Å². The third-order valence-electron chi connectivity index (χ3n) is 4.15. The second-order valence-electron chi connectivity index (χ2n) is 6.40. The molecule has 1 nitrogen and oxygen atoms in total. The third kappa shape index (κ3) is 6.20. The second kappa shape index (κ2) is 10.0. The van der Waals surface area contributed by atoms with Crippen molar-refractivity contribution in [1.82, 2.24) is 0 Å². The van der Waals surface area contributed by atoms with Gasteiger partial charge in [-0.1, -0.05) is 64.7 Å². The summed E-state index contributed by atoms with van der Waals surface area (Å²) >= 11 is 0. The van der Waals surface area contributed by atoms with Crippen LogP contribution in [0, 0.1) is 0 Å². The van der Waals surface area contributed by atoms with Gasteiger partial charge in [0.15, 0.2) is 6.17 Å². The first-order chi connectivity index (χ1) is 11.7. The van der Waals surface area contributed by atoms with Gasteiger partial charge in [0.05, 0.1) is 0 Å². The van der Waals surface area contributed by atoms with E-state index in [4.69, 9.17) is 5.11 Å². The van der Waals surface area contributed by atoms with Gasteiger partial charge in [-0.15, -0.1) is 0 Å². The number of rotatable bonds is 14. The molecule has 0 fully saturated rings. The number of aliphatic hydroxyl groups is 1. The highest BCUT2D eigenvalue weighted by Crippen LogP contribution is 2.53. The van der Waals surface area contributed by atoms with E-state index in [2.05, 4.69) is 0 Å². The molecule has 1 N–H and O–H groups in total. The lowest BCUT2D eigenvalue weighted by molar-refractivity contribution is -0.422. The van der Waals surface area contributed by atoms with Gasteiger partial charge in [-0.25, -0.2) is 4.39 Å². The van der Waals surface area contributed by atoms with Gasteiger partial charge in [0, 0.05) is 0 Å². The molecule has 0 radical (unpaired) electrons. The molecule has 0 rings (SSSR count). The number of halogens is 9. The maximum Gasteiger partial charge on any atom is 0.423 e. The second-order valence-corrected chi connectivity index (χ2v) is 6.40. The molecule has 26 heavy (non-hydrogen) atoms. The molecule has 1 atom stereocenters. The number of hydrogen-bond acceptors (Lipinski definition) is 1. The van der Waals surface area contributed by atoms with Crippen molar-refractivity contribution in [1.29, 1.82) is 0 Å². The molecule has 1 unspecified atom stereocenters. The van der Waals surface area contributed by atoms with Crippen molar-refractivity contribution in [2.45, 2.75) is 101 Å². The molecule has 0 aromatic carbocycles. The summed E-state index contributed by atoms with van der Waals surface area (Å²) in [5, 5.41) is 7.76. The van der Waals surface area contributed by atoms with Crippen molar-refractivity contribution in [2.75, 3.05) is 0 Å². The van der Waals surface area contributed by atoms with Crippen molar-refractivity contribution in [3.8, 4) is 0 Å². The van der Waals surface area contributed by atoms with Crippen LogP contribution in [0.3, 0.4) is 0 Å². The molecule has 0 aliphatic carbocycles. The van der Waals surface area contributed by atoms with E-state index in [0.29, 0.717) is 6.42 Å². The molecule has 0 aliphatic heterocycles. The molecule has 0 aromatic rings. The van der Waals surface area contributed by atoms with Crippen LogP contribution in [-0.4, -0.2) is 35.2 Å². The van der Waals surface area contributed by atoms with E-state index < -0.39 is 36.5 Å². The van der Waals surface area contributed by atoms with E-state index in [1.54, 1.807) is 0 Å². The summed E-state index contributed by atoms with van der Waals surface area (Å²) in [5.74, 6) is -19.6. The van der Waals surface area contributed by atoms with Crippen LogP contribution >= 0.6 is 0 Å². The van der Waals surface area contributed by atoms with E-state index in [1.165, 1.54) is 0 Å². The van der Waals surface area contributed by atoms with Crippen molar-refractivity contribution in [3.05, 3.63) is 0 Å². The summed E-state index contributed by atoms with van der Waals surface area (Å²) in [5.41, 5.74) is 0.